The average Bonchev–Trinajstić information content (AvgIpc) is 3.57. The van der Waals surface area contributed by atoms with Crippen LogP contribution in [-0.4, -0.2) is 130 Å². The first-order valence-electron chi connectivity index (χ1n) is 26.7. The Hall–Kier alpha value is -2.21. The molecule has 2 unspecified atom stereocenters. The fraction of sp³-hybridized carbons (Fsp3) is 0.836. The molecular weight excluding hydrogens is 881 g/mol. The van der Waals surface area contributed by atoms with Gasteiger partial charge in [-0.3, -0.25) is 14.8 Å². The van der Waals surface area contributed by atoms with Crippen molar-refractivity contribution in [3.05, 3.63) is 46.1 Å². The highest BCUT2D eigenvalue weighted by Crippen LogP contribution is 2.79. The molecule has 1 aromatic heterocycles. The smallest absolute Gasteiger partial charge is 0.201 e. The van der Waals surface area contributed by atoms with Gasteiger partial charge in [-0.15, -0.1) is 0 Å². The summed E-state index contributed by atoms with van der Waals surface area (Å²) in [6.07, 6.45) is 7.27. The normalized spacial score (nSPS) is 59.6. The zero-order valence-electron chi connectivity index (χ0n) is 41.9. The Bertz CT molecular complexity index is 2590. The minimum Gasteiger partial charge on any atom is -0.393 e. The maximum atomic E-state index is 15.1. The Balaban J connectivity index is 0.755. The van der Waals surface area contributed by atoms with Crippen molar-refractivity contribution >= 4 is 5.78 Å². The molecule has 0 bridgehead atoms. The molecule has 9 fully saturated rings. The average molecular weight is 955 g/mol. The number of aromatic nitrogens is 2. The van der Waals surface area contributed by atoms with Gasteiger partial charge >= 0.3 is 0 Å². The highest BCUT2D eigenvalue weighted by atomic mass is 16.7. The summed E-state index contributed by atoms with van der Waals surface area (Å²) in [5.74, 6) is -3.37. The van der Waals surface area contributed by atoms with E-state index in [1.807, 2.05) is 34.6 Å². The Labute approximate surface area is 405 Å². The van der Waals surface area contributed by atoms with E-state index in [1.165, 1.54) is 0 Å². The summed E-state index contributed by atoms with van der Waals surface area (Å²) in [6.45, 7) is 18.0. The van der Waals surface area contributed by atoms with Crippen LogP contribution < -0.4 is 0 Å². The van der Waals surface area contributed by atoms with Crippen LogP contribution in [0, 0.1) is 69.0 Å². The minimum absolute atomic E-state index is 0.0323. The molecule has 8 aliphatic carbocycles. The zero-order chi connectivity index (χ0) is 48.6. The molecular formula is C55H74N2O12. The third-order valence-electron chi connectivity index (χ3n) is 24.2. The Morgan fingerprint density at radius 3 is 2.17 bits per heavy atom. The predicted octanol–water partition coefficient (Wildman–Crippen LogP) is 4.00. The molecule has 14 nitrogen and oxygen atoms in total. The van der Waals surface area contributed by atoms with E-state index in [-0.39, 0.29) is 72.4 Å². The SMILES string of the molecule is C[C@@H]1C2C[C@@H]3O[C@]34C2(CO[C@]12OC(C)(C)[C@@H](C)[C@H]2O)C(=O)C=C1[C@@]2(C)Cc3nc5c(nc3C[C@@H]2CC[C@]14O)C[C@@]1(C)[C@@H](CC[C@H]2C3=C[C@@H]4O[C@]6(O[C@](C)(CO)C[C@H]6O)[C@@H](C)[C@]4(O)[C@@]3(C)[C@H](O)C[C@@H]21)C5. The molecule has 5 aliphatic heterocycles. The first kappa shape index (κ1) is 45.4. The fourth-order valence-electron chi connectivity index (χ4n) is 19.9. The second kappa shape index (κ2) is 13.0. The molecule has 0 amide bonds. The van der Waals surface area contributed by atoms with Crippen LogP contribution in [-0.2, 0) is 54.2 Å². The van der Waals surface area contributed by atoms with Gasteiger partial charge in [0.1, 0.15) is 35.1 Å². The van der Waals surface area contributed by atoms with E-state index >= 15 is 4.79 Å². The highest BCUT2D eigenvalue weighted by molar-refractivity contribution is 6.01. The number of hydrogen-bond donors (Lipinski definition) is 6. The van der Waals surface area contributed by atoms with Gasteiger partial charge in [-0.1, -0.05) is 53.2 Å². The molecule has 5 saturated heterocycles. The minimum atomic E-state index is -1.52. The first-order valence-corrected chi connectivity index (χ1v) is 26.7. The van der Waals surface area contributed by atoms with Gasteiger partial charge in [0.15, 0.2) is 11.6 Å². The number of rotatable bonds is 1. The molecule has 0 radical (unpaired) electrons. The number of fused-ring (bicyclic) bond motifs is 12. The van der Waals surface area contributed by atoms with Crippen LogP contribution in [0.2, 0.25) is 0 Å². The van der Waals surface area contributed by atoms with E-state index < -0.39 is 86.2 Å². The van der Waals surface area contributed by atoms with Crippen LogP contribution in [0.25, 0.3) is 0 Å². The number of carbonyl (C=O) groups is 1. The number of aliphatic hydroxyl groups excluding tert-OH is 4. The Kier molecular flexibility index (Phi) is 8.55. The van der Waals surface area contributed by atoms with Crippen LogP contribution in [0.5, 0.6) is 0 Å². The number of allylic oxidation sites excluding steroid dienone is 1. The molecule has 23 atom stereocenters. The number of ether oxygens (including phenoxy) is 5. The van der Waals surface area contributed by atoms with Gasteiger partial charge in [0.05, 0.1) is 64.8 Å². The maximum absolute atomic E-state index is 15.1. The van der Waals surface area contributed by atoms with Crippen LogP contribution in [0.15, 0.2) is 23.3 Å². The maximum Gasteiger partial charge on any atom is 0.201 e. The summed E-state index contributed by atoms with van der Waals surface area (Å²) < 4.78 is 33.1. The second-order valence-corrected chi connectivity index (χ2v) is 26.9. The summed E-state index contributed by atoms with van der Waals surface area (Å²) in [4.78, 5) is 26.2. The summed E-state index contributed by atoms with van der Waals surface area (Å²) in [5.41, 5.74) is -2.50. The molecule has 13 aliphatic rings. The van der Waals surface area contributed by atoms with Gasteiger partial charge in [-0.25, -0.2) is 0 Å². The number of nitrogens with zero attached hydrogens (tertiary/aromatic N) is 2. The monoisotopic (exact) mass is 955 g/mol. The second-order valence-electron chi connectivity index (χ2n) is 26.9. The molecule has 14 heteroatoms. The van der Waals surface area contributed by atoms with Gasteiger partial charge in [-0.05, 0) is 125 Å². The topological polar surface area (TPSA) is 214 Å². The molecule has 1 aromatic rings. The largest absolute Gasteiger partial charge is 0.393 e. The third-order valence-corrected chi connectivity index (χ3v) is 24.2. The summed E-state index contributed by atoms with van der Waals surface area (Å²) in [5, 5.41) is 72.0. The number of epoxide rings is 1. The molecule has 4 saturated carbocycles. The predicted molar refractivity (Wildman–Crippen MR) is 246 cm³/mol. The van der Waals surface area contributed by atoms with E-state index in [2.05, 4.69) is 26.8 Å². The van der Waals surface area contributed by atoms with Crippen molar-refractivity contribution in [2.45, 2.75) is 203 Å². The molecule has 6 N–H and O–H groups in total. The first-order chi connectivity index (χ1) is 32.3. The third kappa shape index (κ3) is 4.69. The van der Waals surface area contributed by atoms with Crippen LogP contribution >= 0.6 is 0 Å². The van der Waals surface area contributed by atoms with Gasteiger partial charge < -0.3 is 54.3 Å². The molecule has 376 valence electrons. The highest BCUT2D eigenvalue weighted by Gasteiger charge is 2.91. The van der Waals surface area contributed by atoms with Gasteiger partial charge in [0, 0.05) is 41.4 Å². The van der Waals surface area contributed by atoms with Crippen LogP contribution in [0.1, 0.15) is 130 Å². The van der Waals surface area contributed by atoms with Crippen molar-refractivity contribution in [1.82, 2.24) is 9.97 Å². The van der Waals surface area contributed by atoms with Crippen molar-refractivity contribution in [2.75, 3.05) is 13.2 Å². The van der Waals surface area contributed by atoms with Gasteiger partial charge in [0.2, 0.25) is 5.79 Å². The molecule has 69 heavy (non-hydrogen) atoms. The lowest BCUT2D eigenvalue weighted by atomic mass is 9.44. The summed E-state index contributed by atoms with van der Waals surface area (Å²) in [6, 6.07) is 0. The van der Waals surface area contributed by atoms with Gasteiger partial charge in [0.25, 0.3) is 0 Å². The molecule has 14 rings (SSSR count). The lowest BCUT2D eigenvalue weighted by Crippen LogP contribution is -2.73. The molecule has 0 aromatic carbocycles. The van der Waals surface area contributed by atoms with Gasteiger partial charge in [-0.2, -0.15) is 0 Å². The number of aliphatic hydroxyl groups is 6. The van der Waals surface area contributed by atoms with E-state index in [0.717, 1.165) is 66.0 Å². The van der Waals surface area contributed by atoms with Crippen LogP contribution in [0.3, 0.4) is 0 Å². The molecule has 4 spiro atoms. The standard InChI is InChI=1S/C55H74N2O12/c1-25-31-17-43-55(67-43)50(31,24-65-53(25)44(62)26(2)45(4,5)68-53)40(60)19-38-48(8)21-37-35(15-29(48)12-13-51(38,55)63)56-36-20-47(7)28(14-34(36)57-37)10-11-30-32(47)16-39(59)49(9)33(30)18-42-52(49,64)27(3)54(66-42)41(61)22-46(6,23-58)69-54/h18-19,25-32,39,41-44,58-59,61-64H,10-17,20-24H2,1-9H3/t25-,26+,27+,28+,29+,30-,31?,32+,39-,41-,42+,43+,44-,46+,47+,48+,49-,50?,51+,52-,53+,54+,55+/m1/s1. The van der Waals surface area contributed by atoms with E-state index in [4.69, 9.17) is 33.7 Å². The lowest BCUT2D eigenvalue weighted by Gasteiger charge is -2.62. The number of ketones is 1. The quantitative estimate of drug-likeness (QED) is 0.174. The number of hydrogen-bond acceptors (Lipinski definition) is 14. The van der Waals surface area contributed by atoms with Crippen LogP contribution in [0.4, 0.5) is 0 Å². The lowest BCUT2D eigenvalue weighted by molar-refractivity contribution is -0.347. The van der Waals surface area contributed by atoms with E-state index in [1.54, 1.807) is 13.0 Å². The van der Waals surface area contributed by atoms with Crippen molar-refractivity contribution in [3.63, 3.8) is 0 Å². The van der Waals surface area contributed by atoms with E-state index in [9.17, 15) is 30.6 Å². The number of carbonyl (C=O) groups excluding carboxylic acids is 1. The Morgan fingerprint density at radius 2 is 1.49 bits per heavy atom. The van der Waals surface area contributed by atoms with Crippen molar-refractivity contribution in [2.24, 2.45) is 69.0 Å². The summed E-state index contributed by atoms with van der Waals surface area (Å²) >= 11 is 0. The zero-order valence-corrected chi connectivity index (χ0v) is 41.9. The van der Waals surface area contributed by atoms with Crippen molar-refractivity contribution in [3.8, 4) is 0 Å². The Morgan fingerprint density at radius 1 is 0.783 bits per heavy atom. The fourth-order valence-corrected chi connectivity index (χ4v) is 19.9. The van der Waals surface area contributed by atoms with Crippen molar-refractivity contribution in [1.29, 1.82) is 0 Å². The molecule has 6 heterocycles. The van der Waals surface area contributed by atoms with E-state index in [0.29, 0.717) is 38.0 Å². The summed E-state index contributed by atoms with van der Waals surface area (Å²) in [7, 11) is 0. The van der Waals surface area contributed by atoms with Crippen molar-refractivity contribution < 1.29 is 59.1 Å².